The van der Waals surface area contributed by atoms with Crippen LogP contribution in [-0.2, 0) is 4.79 Å². The van der Waals surface area contributed by atoms with Gasteiger partial charge >= 0.3 is 0 Å². The van der Waals surface area contributed by atoms with Crippen LogP contribution in [0.3, 0.4) is 0 Å². The van der Waals surface area contributed by atoms with Crippen LogP contribution in [0.4, 0.5) is 11.5 Å². The van der Waals surface area contributed by atoms with Gasteiger partial charge in [-0.3, -0.25) is 9.69 Å². The summed E-state index contributed by atoms with van der Waals surface area (Å²) in [6.07, 6.45) is 0. The normalized spacial score (nSPS) is 16.2. The molecule has 2 heterocycles. The zero-order valence-corrected chi connectivity index (χ0v) is 18.2. The number of anilines is 2. The first-order valence-corrected chi connectivity index (χ1v) is 10.1. The van der Waals surface area contributed by atoms with Crippen molar-refractivity contribution in [1.82, 2.24) is 10.5 Å². The summed E-state index contributed by atoms with van der Waals surface area (Å²) in [5, 5.41) is 10.5. The summed E-state index contributed by atoms with van der Waals surface area (Å²) in [6, 6.07) is 18.4. The molecule has 0 saturated heterocycles. The second-order valence-corrected chi connectivity index (χ2v) is 7.46. The Morgan fingerprint density at radius 1 is 1.16 bits per heavy atom. The molecule has 0 unspecified atom stereocenters. The smallest absolute Gasteiger partial charge is 0.257 e. The van der Waals surface area contributed by atoms with E-state index in [-0.39, 0.29) is 5.91 Å². The molecule has 0 radical (unpaired) electrons. The zero-order valence-electron chi connectivity index (χ0n) is 17.4. The fourth-order valence-electron chi connectivity index (χ4n) is 3.67. The fourth-order valence-corrected chi connectivity index (χ4v) is 4.03. The summed E-state index contributed by atoms with van der Waals surface area (Å²) in [5.41, 5.74) is 2.88. The summed E-state index contributed by atoms with van der Waals surface area (Å²) in [4.78, 5) is 15.3. The Morgan fingerprint density at radius 3 is 2.55 bits per heavy atom. The van der Waals surface area contributed by atoms with Crippen LogP contribution < -0.4 is 20.3 Å². The van der Waals surface area contributed by atoms with Crippen LogP contribution in [-0.4, -0.2) is 23.3 Å². The number of carbonyl (C=O) groups is 1. The van der Waals surface area contributed by atoms with Crippen molar-refractivity contribution < 1.29 is 14.1 Å². The topological polar surface area (TPSA) is 79.6 Å². The number of ether oxygens (including phenoxy) is 1. The van der Waals surface area contributed by atoms with Gasteiger partial charge in [-0.2, -0.15) is 0 Å². The Morgan fingerprint density at radius 2 is 1.87 bits per heavy atom. The average Bonchev–Trinajstić information content (AvgIpc) is 3.18. The maximum Gasteiger partial charge on any atom is 0.257 e. The highest BCUT2D eigenvalue weighted by Crippen LogP contribution is 2.37. The van der Waals surface area contributed by atoms with Crippen molar-refractivity contribution in [2.24, 2.45) is 0 Å². The van der Waals surface area contributed by atoms with Crippen LogP contribution in [0.15, 0.2) is 76.5 Å². The van der Waals surface area contributed by atoms with Gasteiger partial charge in [0, 0.05) is 23.0 Å². The molecule has 0 aliphatic carbocycles. The maximum atomic E-state index is 13.5. The molecule has 1 atom stereocenters. The SMILES string of the molecule is COc1ccccc1[C@@H]1NC(=S)N(c2ccccc2)C(C)=C1C(=O)Nc1cc(C)on1. The minimum atomic E-state index is -0.503. The van der Waals surface area contributed by atoms with Crippen molar-refractivity contribution in [3.8, 4) is 5.75 Å². The molecule has 158 valence electrons. The standard InChI is InChI=1S/C23H22N4O3S/c1-14-13-19(26-30-14)24-22(28)20-15(2)27(16-9-5-4-6-10-16)23(31)25-21(20)17-11-7-8-12-18(17)29-3/h4-13,21H,1-3H3,(H,25,31)(H,24,26,28)/t21-/m0/s1. The van der Waals surface area contributed by atoms with Crippen molar-refractivity contribution in [3.63, 3.8) is 0 Å². The van der Waals surface area contributed by atoms with Crippen molar-refractivity contribution >= 4 is 34.7 Å². The van der Waals surface area contributed by atoms with Crippen LogP contribution in [0.25, 0.3) is 0 Å². The average molecular weight is 435 g/mol. The molecule has 1 amide bonds. The number of benzene rings is 2. The summed E-state index contributed by atoms with van der Waals surface area (Å²) in [6.45, 7) is 3.65. The van der Waals surface area contributed by atoms with Crippen molar-refractivity contribution in [3.05, 3.63) is 83.3 Å². The monoisotopic (exact) mass is 434 g/mol. The largest absolute Gasteiger partial charge is 0.496 e. The van der Waals surface area contributed by atoms with Gasteiger partial charge in [0.05, 0.1) is 18.7 Å². The Labute approximate surface area is 185 Å². The lowest BCUT2D eigenvalue weighted by molar-refractivity contribution is -0.113. The molecule has 0 fully saturated rings. The van der Waals surface area contributed by atoms with Crippen LogP contribution in [0.1, 0.15) is 24.3 Å². The third-order valence-corrected chi connectivity index (χ3v) is 5.36. The maximum absolute atomic E-state index is 13.5. The quantitative estimate of drug-likeness (QED) is 0.578. The van der Waals surface area contributed by atoms with E-state index in [0.29, 0.717) is 33.7 Å². The lowest BCUT2D eigenvalue weighted by Crippen LogP contribution is -2.48. The van der Waals surface area contributed by atoms with E-state index in [4.69, 9.17) is 21.5 Å². The molecular formula is C23H22N4O3S. The second kappa shape index (κ2) is 8.61. The van der Waals surface area contributed by atoms with Crippen LogP contribution in [0.5, 0.6) is 5.75 Å². The highest BCUT2D eigenvalue weighted by molar-refractivity contribution is 7.80. The predicted octanol–water partition coefficient (Wildman–Crippen LogP) is 4.34. The Bertz CT molecular complexity index is 1160. The Hall–Kier alpha value is -3.65. The molecule has 7 nitrogen and oxygen atoms in total. The molecule has 4 rings (SSSR count). The highest BCUT2D eigenvalue weighted by Gasteiger charge is 2.36. The molecule has 2 N–H and O–H groups in total. The van der Waals surface area contributed by atoms with Crippen LogP contribution in [0, 0.1) is 6.92 Å². The molecule has 1 aliphatic rings. The van der Waals surface area contributed by atoms with Crippen molar-refractivity contribution in [2.45, 2.75) is 19.9 Å². The minimum Gasteiger partial charge on any atom is -0.496 e. The van der Waals surface area contributed by atoms with Gasteiger partial charge in [0.15, 0.2) is 10.9 Å². The number of methoxy groups -OCH3 is 1. The molecular weight excluding hydrogens is 412 g/mol. The predicted molar refractivity (Wildman–Crippen MR) is 123 cm³/mol. The summed E-state index contributed by atoms with van der Waals surface area (Å²) in [5.74, 6) is 1.31. The van der Waals surface area contributed by atoms with Crippen molar-refractivity contribution in [2.75, 3.05) is 17.3 Å². The third kappa shape index (κ3) is 4.02. The minimum absolute atomic E-state index is 0.308. The number of hydrogen-bond acceptors (Lipinski definition) is 5. The molecule has 0 bridgehead atoms. The Kier molecular flexibility index (Phi) is 5.73. The highest BCUT2D eigenvalue weighted by atomic mass is 32.1. The van der Waals surface area contributed by atoms with Gasteiger partial charge in [0.1, 0.15) is 11.5 Å². The number of hydrogen-bond donors (Lipinski definition) is 2. The van der Waals surface area contributed by atoms with Gasteiger partial charge in [-0.05, 0) is 44.3 Å². The number of carbonyl (C=O) groups excluding carboxylic acids is 1. The number of allylic oxidation sites excluding steroid dienone is 1. The Balaban J connectivity index is 1.83. The zero-order chi connectivity index (χ0) is 22.0. The van der Waals surface area contributed by atoms with Gasteiger partial charge in [-0.1, -0.05) is 41.6 Å². The number of rotatable bonds is 5. The molecule has 31 heavy (non-hydrogen) atoms. The lowest BCUT2D eigenvalue weighted by Gasteiger charge is -2.38. The van der Waals surface area contributed by atoms with E-state index in [2.05, 4.69) is 15.8 Å². The first-order chi connectivity index (χ1) is 15.0. The molecule has 1 aromatic heterocycles. The molecule has 0 saturated carbocycles. The first-order valence-electron chi connectivity index (χ1n) is 9.73. The number of nitrogens with one attached hydrogen (secondary N) is 2. The van der Waals surface area contributed by atoms with Gasteiger partial charge in [-0.25, -0.2) is 0 Å². The van der Waals surface area contributed by atoms with Crippen molar-refractivity contribution in [1.29, 1.82) is 0 Å². The number of aryl methyl sites for hydroxylation is 1. The fraction of sp³-hybridized carbons (Fsp3) is 0.174. The molecule has 8 heteroatoms. The number of para-hydroxylation sites is 2. The molecule has 3 aromatic rings. The number of thiocarbonyl (C=S) groups is 1. The first kappa shape index (κ1) is 20.6. The van der Waals surface area contributed by atoms with E-state index in [1.54, 1.807) is 20.1 Å². The van der Waals surface area contributed by atoms with Crippen LogP contribution >= 0.6 is 12.2 Å². The number of nitrogens with zero attached hydrogens (tertiary/aromatic N) is 2. The summed E-state index contributed by atoms with van der Waals surface area (Å²) < 4.78 is 10.6. The van der Waals surface area contributed by atoms with Gasteiger partial charge < -0.3 is 19.9 Å². The van der Waals surface area contributed by atoms with E-state index in [1.165, 1.54) is 0 Å². The van der Waals surface area contributed by atoms with Gasteiger partial charge in [0.2, 0.25) is 0 Å². The van der Waals surface area contributed by atoms with Gasteiger partial charge in [0.25, 0.3) is 5.91 Å². The van der Waals surface area contributed by atoms with Crippen LogP contribution in [0.2, 0.25) is 0 Å². The molecule has 1 aliphatic heterocycles. The lowest BCUT2D eigenvalue weighted by atomic mass is 9.93. The van der Waals surface area contributed by atoms with E-state index in [1.807, 2.05) is 66.4 Å². The third-order valence-electron chi connectivity index (χ3n) is 5.06. The molecule has 2 aromatic carbocycles. The van der Waals surface area contributed by atoms with E-state index in [9.17, 15) is 4.79 Å². The van der Waals surface area contributed by atoms with Gasteiger partial charge in [-0.15, -0.1) is 0 Å². The van der Waals surface area contributed by atoms with E-state index >= 15 is 0 Å². The second-order valence-electron chi connectivity index (χ2n) is 7.07. The molecule has 0 spiro atoms. The summed E-state index contributed by atoms with van der Waals surface area (Å²) >= 11 is 5.70. The number of amides is 1. The van der Waals surface area contributed by atoms with E-state index in [0.717, 1.165) is 11.3 Å². The summed E-state index contributed by atoms with van der Waals surface area (Å²) in [7, 11) is 1.60. The van der Waals surface area contributed by atoms with E-state index < -0.39 is 6.04 Å². The number of aromatic nitrogens is 1.